The van der Waals surface area contributed by atoms with Gasteiger partial charge in [0.25, 0.3) is 0 Å². The van der Waals surface area contributed by atoms with Crippen LogP contribution < -0.4 is 19.5 Å². The third-order valence-corrected chi connectivity index (χ3v) is 7.72. The van der Waals surface area contributed by atoms with Gasteiger partial charge in [-0.25, -0.2) is 4.79 Å². The molecule has 1 aliphatic heterocycles. The smallest absolute Gasteiger partial charge is 0.415 e. The summed E-state index contributed by atoms with van der Waals surface area (Å²) >= 11 is 6.62. The molecule has 2 aromatic heterocycles. The standard InChI is InChI=1S/C31H30ClN5O4/c1-18-6-5-9-34-27(18)17-40-22-7-8-25(24(32)10-22)36-30-21(13-33)14-35-26-12-29(28(39-4)11-23(26)30)41-31(38)37-15-19(2)20(3)16-37/h5-12,14,19-20H,15-17H2,1-4H3,(H,35,36)/t19-,20+. The van der Waals surface area contributed by atoms with E-state index in [-0.39, 0.29) is 5.75 Å². The fourth-order valence-electron chi connectivity index (χ4n) is 4.74. The Bertz CT molecular complexity index is 1640. The van der Waals surface area contributed by atoms with Gasteiger partial charge in [0.2, 0.25) is 0 Å². The third kappa shape index (κ3) is 5.98. The van der Waals surface area contributed by atoms with Crippen LogP contribution in [0.3, 0.4) is 0 Å². The number of benzene rings is 2. The third-order valence-electron chi connectivity index (χ3n) is 7.41. The number of nitriles is 1. The molecule has 4 aromatic rings. The SMILES string of the molecule is COc1cc2c(Nc3ccc(OCc4ncccc4C)cc3Cl)c(C#N)cnc2cc1OC(=O)N1C[C@@H](C)[C@@H](C)C1. The van der Waals surface area contributed by atoms with E-state index in [1.54, 1.807) is 41.4 Å². The predicted molar refractivity (Wildman–Crippen MR) is 157 cm³/mol. The van der Waals surface area contributed by atoms with Crippen LogP contribution in [0.5, 0.6) is 17.2 Å². The summed E-state index contributed by atoms with van der Waals surface area (Å²) < 4.78 is 17.2. The molecule has 0 radical (unpaired) electrons. The topological polar surface area (TPSA) is 110 Å². The second-order valence-corrected chi connectivity index (χ2v) is 10.6. The highest BCUT2D eigenvalue weighted by atomic mass is 35.5. The van der Waals surface area contributed by atoms with Crippen molar-refractivity contribution in [2.75, 3.05) is 25.5 Å². The van der Waals surface area contributed by atoms with Crippen LogP contribution in [0, 0.1) is 30.1 Å². The van der Waals surface area contributed by atoms with Crippen molar-refractivity contribution >= 4 is 40.0 Å². The largest absolute Gasteiger partial charge is 0.493 e. The van der Waals surface area contributed by atoms with Crippen LogP contribution in [-0.4, -0.2) is 41.2 Å². The first-order chi connectivity index (χ1) is 19.8. The van der Waals surface area contributed by atoms with Crippen LogP contribution in [-0.2, 0) is 6.61 Å². The Morgan fingerprint density at radius 1 is 1.15 bits per heavy atom. The van der Waals surface area contributed by atoms with Crippen LogP contribution in [0.2, 0.25) is 5.02 Å². The lowest BCUT2D eigenvalue weighted by Crippen LogP contribution is -2.31. The minimum atomic E-state index is -0.432. The lowest BCUT2D eigenvalue weighted by molar-refractivity contribution is 0.159. The summed E-state index contributed by atoms with van der Waals surface area (Å²) in [7, 11) is 1.50. The second-order valence-electron chi connectivity index (χ2n) is 10.2. The van der Waals surface area contributed by atoms with Crippen molar-refractivity contribution < 1.29 is 19.0 Å². The molecule has 1 saturated heterocycles. The molecule has 9 nitrogen and oxygen atoms in total. The van der Waals surface area contributed by atoms with Crippen molar-refractivity contribution in [3.05, 3.63) is 76.7 Å². The fraction of sp³-hybridized carbons (Fsp3) is 0.290. The number of amides is 1. The molecule has 0 aliphatic carbocycles. The molecular formula is C31H30ClN5O4. The number of aromatic nitrogens is 2. The first-order valence-electron chi connectivity index (χ1n) is 13.2. The van der Waals surface area contributed by atoms with Crippen molar-refractivity contribution in [1.29, 1.82) is 5.26 Å². The van der Waals surface area contributed by atoms with Crippen LogP contribution in [0.15, 0.2) is 54.9 Å². The van der Waals surface area contributed by atoms with E-state index in [9.17, 15) is 10.1 Å². The Morgan fingerprint density at radius 3 is 2.61 bits per heavy atom. The number of carbonyl (C=O) groups excluding carboxylic acids is 1. The zero-order valence-corrected chi connectivity index (χ0v) is 24.0. The Morgan fingerprint density at radius 2 is 1.93 bits per heavy atom. The molecule has 1 fully saturated rings. The molecule has 0 saturated carbocycles. The van der Waals surface area contributed by atoms with Crippen molar-refractivity contribution in [3.8, 4) is 23.3 Å². The molecule has 0 spiro atoms. The quantitative estimate of drug-likeness (QED) is 0.255. The summed E-state index contributed by atoms with van der Waals surface area (Å²) in [6.45, 7) is 7.81. The van der Waals surface area contributed by atoms with Gasteiger partial charge in [-0.15, -0.1) is 0 Å². The first-order valence-corrected chi connectivity index (χ1v) is 13.6. The summed E-state index contributed by atoms with van der Waals surface area (Å²) in [5.41, 5.74) is 3.78. The van der Waals surface area contributed by atoms with Gasteiger partial charge >= 0.3 is 6.09 Å². The second kappa shape index (κ2) is 11.9. The Kier molecular flexibility index (Phi) is 8.13. The molecular weight excluding hydrogens is 542 g/mol. The minimum Gasteiger partial charge on any atom is -0.493 e. The molecule has 1 N–H and O–H groups in total. The normalized spacial score (nSPS) is 16.3. The van der Waals surface area contributed by atoms with E-state index in [1.165, 1.54) is 13.3 Å². The minimum absolute atomic E-state index is 0.253. The average Bonchev–Trinajstić information content (AvgIpc) is 3.31. The van der Waals surface area contributed by atoms with E-state index >= 15 is 0 Å². The van der Waals surface area contributed by atoms with Gasteiger partial charge in [-0.3, -0.25) is 9.97 Å². The number of hydrogen-bond donors (Lipinski definition) is 1. The first kappa shape index (κ1) is 28.0. The fourth-order valence-corrected chi connectivity index (χ4v) is 4.96. The van der Waals surface area contributed by atoms with Crippen molar-refractivity contribution in [2.45, 2.75) is 27.4 Å². The number of halogens is 1. The number of nitrogens with one attached hydrogen (secondary N) is 1. The van der Waals surface area contributed by atoms with Gasteiger partial charge in [-0.05, 0) is 48.6 Å². The zero-order valence-electron chi connectivity index (χ0n) is 23.3. The highest BCUT2D eigenvalue weighted by Crippen LogP contribution is 2.39. The molecule has 1 amide bonds. The molecule has 2 aromatic carbocycles. The Balaban J connectivity index is 1.41. The van der Waals surface area contributed by atoms with Crippen LogP contribution >= 0.6 is 11.6 Å². The molecule has 10 heteroatoms. The highest BCUT2D eigenvalue weighted by Gasteiger charge is 2.31. The molecule has 0 bridgehead atoms. The maximum Gasteiger partial charge on any atom is 0.415 e. The monoisotopic (exact) mass is 571 g/mol. The number of likely N-dealkylation sites (tertiary alicyclic amines) is 1. The summed E-state index contributed by atoms with van der Waals surface area (Å²) in [5, 5.41) is 14.1. The number of rotatable bonds is 7. The van der Waals surface area contributed by atoms with Gasteiger partial charge in [0.1, 0.15) is 18.4 Å². The summed E-state index contributed by atoms with van der Waals surface area (Å²) in [6, 6.07) is 14.7. The van der Waals surface area contributed by atoms with Gasteiger partial charge in [0, 0.05) is 43.0 Å². The maximum absolute atomic E-state index is 12.9. The number of anilines is 2. The van der Waals surface area contributed by atoms with E-state index in [1.807, 2.05) is 19.1 Å². The van der Waals surface area contributed by atoms with Crippen LogP contribution in [0.4, 0.5) is 16.2 Å². The number of carbonyl (C=O) groups is 1. The lowest BCUT2D eigenvalue weighted by atomic mass is 10.0. The van der Waals surface area contributed by atoms with Crippen molar-refractivity contribution in [3.63, 3.8) is 0 Å². The average molecular weight is 572 g/mol. The summed E-state index contributed by atoms with van der Waals surface area (Å²) in [6.07, 6.45) is 2.76. The number of hydrogen-bond acceptors (Lipinski definition) is 8. The van der Waals surface area contributed by atoms with Crippen molar-refractivity contribution in [1.82, 2.24) is 14.9 Å². The van der Waals surface area contributed by atoms with Crippen molar-refractivity contribution in [2.24, 2.45) is 11.8 Å². The maximum atomic E-state index is 12.9. The Hall–Kier alpha value is -4.55. The molecule has 41 heavy (non-hydrogen) atoms. The number of methoxy groups -OCH3 is 1. The number of fused-ring (bicyclic) bond motifs is 1. The summed E-state index contributed by atoms with van der Waals surface area (Å²) in [4.78, 5) is 23.4. The molecule has 0 unspecified atom stereocenters. The van der Waals surface area contributed by atoms with Crippen LogP contribution in [0.1, 0.15) is 30.7 Å². The van der Waals surface area contributed by atoms with Gasteiger partial charge < -0.3 is 24.4 Å². The molecule has 2 atom stereocenters. The van der Waals surface area contributed by atoms with E-state index in [0.717, 1.165) is 11.3 Å². The molecule has 1 aliphatic rings. The van der Waals surface area contributed by atoms with Crippen LogP contribution in [0.25, 0.3) is 10.9 Å². The van der Waals surface area contributed by atoms with E-state index in [2.05, 4.69) is 35.2 Å². The molecule has 5 rings (SSSR count). The number of pyridine rings is 2. The Labute approximate surface area is 243 Å². The predicted octanol–water partition coefficient (Wildman–Crippen LogP) is 6.88. The van der Waals surface area contributed by atoms with Gasteiger partial charge in [0.15, 0.2) is 11.5 Å². The molecule has 3 heterocycles. The van der Waals surface area contributed by atoms with Gasteiger partial charge in [0.05, 0.1) is 40.3 Å². The van der Waals surface area contributed by atoms with E-state index < -0.39 is 6.09 Å². The van der Waals surface area contributed by atoms with Gasteiger partial charge in [-0.1, -0.05) is 31.5 Å². The summed E-state index contributed by atoms with van der Waals surface area (Å²) in [5.74, 6) is 1.98. The zero-order chi connectivity index (χ0) is 29.1. The van der Waals surface area contributed by atoms with E-state index in [0.29, 0.717) is 75.9 Å². The highest BCUT2D eigenvalue weighted by molar-refractivity contribution is 6.33. The number of nitrogens with zero attached hydrogens (tertiary/aromatic N) is 4. The number of ether oxygens (including phenoxy) is 3. The lowest BCUT2D eigenvalue weighted by Gasteiger charge is -2.18. The van der Waals surface area contributed by atoms with E-state index in [4.69, 9.17) is 25.8 Å². The number of aryl methyl sites for hydroxylation is 1. The van der Waals surface area contributed by atoms with Gasteiger partial charge in [-0.2, -0.15) is 5.26 Å². The molecule has 210 valence electrons.